The van der Waals surface area contributed by atoms with Crippen LogP contribution in [0.5, 0.6) is 0 Å². The summed E-state index contributed by atoms with van der Waals surface area (Å²) in [7, 11) is 0. The summed E-state index contributed by atoms with van der Waals surface area (Å²) in [6, 6.07) is 7.05. The number of carbonyl (C=O) groups is 1. The van der Waals surface area contributed by atoms with E-state index in [0.29, 0.717) is 36.3 Å². The summed E-state index contributed by atoms with van der Waals surface area (Å²) in [6.07, 6.45) is 0.983. The van der Waals surface area contributed by atoms with Crippen molar-refractivity contribution in [1.82, 2.24) is 0 Å². The van der Waals surface area contributed by atoms with Crippen LogP contribution in [0.15, 0.2) is 18.2 Å². The lowest BCUT2D eigenvalue weighted by atomic mass is 10.2. The number of anilines is 2. The van der Waals surface area contributed by atoms with Crippen molar-refractivity contribution in [2.75, 3.05) is 17.6 Å². The largest absolute Gasteiger partial charge is 0.397 e. The average Bonchev–Trinajstić information content (AvgIpc) is 2.26. The van der Waals surface area contributed by atoms with Gasteiger partial charge in [-0.1, -0.05) is 0 Å². The van der Waals surface area contributed by atoms with Crippen LogP contribution in [0.25, 0.3) is 0 Å². The van der Waals surface area contributed by atoms with Crippen LogP contribution in [0.2, 0.25) is 0 Å². The molecule has 0 aromatic heterocycles. The highest BCUT2D eigenvalue weighted by atomic mass is 16.1. The average molecular weight is 218 g/mol. The van der Waals surface area contributed by atoms with Crippen LogP contribution in [0.4, 0.5) is 11.4 Å². The fraction of sp³-hybridized carbons (Fsp3) is 0.273. The van der Waals surface area contributed by atoms with Crippen LogP contribution in [0.1, 0.15) is 18.4 Å². The van der Waals surface area contributed by atoms with Crippen LogP contribution < -0.4 is 16.8 Å². The molecule has 5 N–H and O–H groups in total. The first-order valence-electron chi connectivity index (χ1n) is 4.95. The van der Waals surface area contributed by atoms with Gasteiger partial charge in [0.2, 0.25) is 5.91 Å². The number of amides is 1. The molecule has 0 atom stereocenters. The first-order chi connectivity index (χ1) is 7.63. The van der Waals surface area contributed by atoms with E-state index in [0.717, 1.165) is 0 Å². The van der Waals surface area contributed by atoms with E-state index in [2.05, 4.69) is 5.32 Å². The molecule has 0 bridgehead atoms. The molecule has 1 aromatic rings. The smallest absolute Gasteiger partial charge is 0.217 e. The van der Waals surface area contributed by atoms with Crippen molar-refractivity contribution >= 4 is 17.3 Å². The minimum absolute atomic E-state index is 0.319. The van der Waals surface area contributed by atoms with E-state index in [-0.39, 0.29) is 5.91 Å². The molecular weight excluding hydrogens is 204 g/mol. The van der Waals surface area contributed by atoms with Gasteiger partial charge in [0.25, 0.3) is 0 Å². The maximum atomic E-state index is 10.5. The Balaban J connectivity index is 2.53. The third kappa shape index (κ3) is 3.50. The Kier molecular flexibility index (Phi) is 4.16. The fourth-order valence-electron chi connectivity index (χ4n) is 1.26. The van der Waals surface area contributed by atoms with Gasteiger partial charge in [-0.15, -0.1) is 0 Å². The molecule has 1 rings (SSSR count). The predicted octanol–water partition coefficient (Wildman–Crippen LogP) is 0.818. The van der Waals surface area contributed by atoms with Gasteiger partial charge in [0.1, 0.15) is 0 Å². The van der Waals surface area contributed by atoms with E-state index in [4.69, 9.17) is 16.7 Å². The van der Waals surface area contributed by atoms with Gasteiger partial charge in [-0.3, -0.25) is 4.79 Å². The molecule has 0 unspecified atom stereocenters. The number of nitrogens with zero attached hydrogens (tertiary/aromatic N) is 1. The van der Waals surface area contributed by atoms with E-state index < -0.39 is 0 Å². The van der Waals surface area contributed by atoms with E-state index in [9.17, 15) is 4.79 Å². The Bertz CT molecular complexity index is 422. The molecule has 0 saturated carbocycles. The highest BCUT2D eigenvalue weighted by molar-refractivity contribution is 5.73. The number of hydrogen-bond donors (Lipinski definition) is 3. The van der Waals surface area contributed by atoms with Crippen LogP contribution in [0, 0.1) is 11.3 Å². The molecule has 0 heterocycles. The molecular formula is C11H14N4O. The lowest BCUT2D eigenvalue weighted by molar-refractivity contribution is -0.118. The van der Waals surface area contributed by atoms with E-state index in [1.807, 2.05) is 6.07 Å². The van der Waals surface area contributed by atoms with Crippen molar-refractivity contribution in [1.29, 1.82) is 5.26 Å². The molecule has 1 amide bonds. The van der Waals surface area contributed by atoms with Crippen molar-refractivity contribution in [3.8, 4) is 6.07 Å². The Morgan fingerprint density at radius 2 is 2.25 bits per heavy atom. The molecule has 0 fully saturated rings. The zero-order chi connectivity index (χ0) is 12.0. The summed E-state index contributed by atoms with van der Waals surface area (Å²) in [5, 5.41) is 11.8. The van der Waals surface area contributed by atoms with E-state index in [1.165, 1.54) is 0 Å². The maximum Gasteiger partial charge on any atom is 0.217 e. The number of rotatable bonds is 5. The van der Waals surface area contributed by atoms with Gasteiger partial charge >= 0.3 is 0 Å². The second-order valence-electron chi connectivity index (χ2n) is 3.41. The zero-order valence-electron chi connectivity index (χ0n) is 8.86. The lowest BCUT2D eigenvalue weighted by Gasteiger charge is -2.08. The minimum atomic E-state index is -0.319. The number of nitrogens with two attached hydrogens (primary N) is 2. The number of benzene rings is 1. The van der Waals surface area contributed by atoms with Crippen molar-refractivity contribution < 1.29 is 4.79 Å². The van der Waals surface area contributed by atoms with Crippen LogP contribution in [0.3, 0.4) is 0 Å². The molecule has 0 radical (unpaired) electrons. The van der Waals surface area contributed by atoms with Crippen LogP contribution in [-0.2, 0) is 4.79 Å². The number of nitrogen functional groups attached to an aromatic ring is 1. The van der Waals surface area contributed by atoms with Gasteiger partial charge in [0.05, 0.1) is 23.0 Å². The molecule has 0 aliphatic heterocycles. The van der Waals surface area contributed by atoms with Gasteiger partial charge in [0.15, 0.2) is 0 Å². The molecule has 0 saturated heterocycles. The summed E-state index contributed by atoms with van der Waals surface area (Å²) >= 11 is 0. The van der Waals surface area contributed by atoms with Crippen molar-refractivity contribution in [2.24, 2.45) is 5.73 Å². The third-order valence-electron chi connectivity index (χ3n) is 2.10. The van der Waals surface area contributed by atoms with Gasteiger partial charge in [-0.05, 0) is 24.6 Å². The molecule has 1 aromatic carbocycles. The van der Waals surface area contributed by atoms with Gasteiger partial charge in [-0.2, -0.15) is 5.26 Å². The van der Waals surface area contributed by atoms with Gasteiger partial charge < -0.3 is 16.8 Å². The number of hydrogen-bond acceptors (Lipinski definition) is 4. The monoisotopic (exact) mass is 218 g/mol. The molecule has 0 aliphatic rings. The fourth-order valence-corrected chi connectivity index (χ4v) is 1.26. The quantitative estimate of drug-likeness (QED) is 0.502. The highest BCUT2D eigenvalue weighted by Gasteiger charge is 2.00. The van der Waals surface area contributed by atoms with Gasteiger partial charge in [-0.25, -0.2) is 0 Å². The lowest BCUT2D eigenvalue weighted by Crippen LogP contribution is -2.13. The first kappa shape index (κ1) is 11.9. The number of nitrogens with one attached hydrogen (secondary N) is 1. The van der Waals surface area contributed by atoms with E-state index in [1.54, 1.807) is 18.2 Å². The second-order valence-corrected chi connectivity index (χ2v) is 3.41. The molecule has 0 aliphatic carbocycles. The molecule has 0 spiro atoms. The number of primary amides is 1. The third-order valence-corrected chi connectivity index (χ3v) is 2.10. The summed E-state index contributed by atoms with van der Waals surface area (Å²) in [4.78, 5) is 10.5. The SMILES string of the molecule is N#Cc1ccc(N)c(NCCCC(N)=O)c1. The Morgan fingerprint density at radius 1 is 1.50 bits per heavy atom. The van der Waals surface area contributed by atoms with Crippen LogP contribution in [-0.4, -0.2) is 12.5 Å². The summed E-state index contributed by atoms with van der Waals surface area (Å²) in [5.41, 5.74) is 12.6. The van der Waals surface area contributed by atoms with Gasteiger partial charge in [0, 0.05) is 13.0 Å². The van der Waals surface area contributed by atoms with Crippen LogP contribution >= 0.6 is 0 Å². The number of nitriles is 1. The topological polar surface area (TPSA) is 105 Å². The molecule has 84 valence electrons. The Labute approximate surface area is 94.0 Å². The molecule has 16 heavy (non-hydrogen) atoms. The molecule has 5 nitrogen and oxygen atoms in total. The second kappa shape index (κ2) is 5.61. The summed E-state index contributed by atoms with van der Waals surface area (Å²) in [6.45, 7) is 0.599. The normalized spacial score (nSPS) is 9.44. The van der Waals surface area contributed by atoms with E-state index >= 15 is 0 Å². The Hall–Kier alpha value is -2.22. The number of carbonyl (C=O) groups excluding carboxylic acids is 1. The zero-order valence-corrected chi connectivity index (χ0v) is 8.86. The predicted molar refractivity (Wildman–Crippen MR) is 62.5 cm³/mol. The Morgan fingerprint density at radius 3 is 2.88 bits per heavy atom. The standard InChI is InChI=1S/C11H14N4O/c12-7-8-3-4-9(13)10(6-8)15-5-1-2-11(14)16/h3-4,6,15H,1-2,5,13H2,(H2,14,16). The minimum Gasteiger partial charge on any atom is -0.397 e. The summed E-state index contributed by atoms with van der Waals surface area (Å²) < 4.78 is 0. The van der Waals surface area contributed by atoms with Crippen molar-refractivity contribution in [3.05, 3.63) is 23.8 Å². The first-order valence-corrected chi connectivity index (χ1v) is 4.95. The summed E-state index contributed by atoms with van der Waals surface area (Å²) in [5.74, 6) is -0.319. The molecule has 5 heteroatoms. The van der Waals surface area contributed by atoms with Crippen molar-refractivity contribution in [3.63, 3.8) is 0 Å². The van der Waals surface area contributed by atoms with Crippen molar-refractivity contribution in [2.45, 2.75) is 12.8 Å². The highest BCUT2D eigenvalue weighted by Crippen LogP contribution is 2.19. The maximum absolute atomic E-state index is 10.5.